The maximum Gasteiger partial charge on any atom is 0.342 e. The molecule has 0 aliphatic rings. The Kier molecular flexibility index (Phi) is 5.81. The molecule has 0 saturated carbocycles. The summed E-state index contributed by atoms with van der Waals surface area (Å²) in [6, 6.07) is 4.80. The van der Waals surface area contributed by atoms with Crippen molar-refractivity contribution in [2.75, 3.05) is 6.61 Å². The van der Waals surface area contributed by atoms with Gasteiger partial charge in [-0.05, 0) is 44.2 Å². The fourth-order valence-electron chi connectivity index (χ4n) is 2.82. The number of phenolic OH excluding ortho intramolecular Hbond substituents is 1. The Hall–Kier alpha value is -2.04. The molecule has 0 aliphatic heterocycles. The van der Waals surface area contributed by atoms with Gasteiger partial charge in [0.05, 0.1) is 0 Å². The van der Waals surface area contributed by atoms with Crippen molar-refractivity contribution in [2.24, 2.45) is 5.41 Å². The zero-order valence-electron chi connectivity index (χ0n) is 14.8. The molecular formula is C18H27NO4. The number of phenols is 1. The Morgan fingerprint density at radius 3 is 2.35 bits per heavy atom. The summed E-state index contributed by atoms with van der Waals surface area (Å²) in [6.45, 7) is 11.5. The Morgan fingerprint density at radius 1 is 1.17 bits per heavy atom. The van der Waals surface area contributed by atoms with Crippen LogP contribution in [0.25, 0.3) is 0 Å². The van der Waals surface area contributed by atoms with Crippen molar-refractivity contribution in [2.45, 2.75) is 53.5 Å². The molecule has 5 nitrogen and oxygen atoms in total. The summed E-state index contributed by atoms with van der Waals surface area (Å²) in [5.74, 6) is -1.19. The summed E-state index contributed by atoms with van der Waals surface area (Å²) in [5.41, 5.74) is 0.315. The summed E-state index contributed by atoms with van der Waals surface area (Å²) in [6.07, 6.45) is 0.790. The lowest BCUT2D eigenvalue weighted by molar-refractivity contribution is -0.126. The van der Waals surface area contributed by atoms with Crippen LogP contribution in [-0.2, 0) is 9.53 Å². The van der Waals surface area contributed by atoms with Crippen LogP contribution < -0.4 is 5.32 Å². The summed E-state index contributed by atoms with van der Waals surface area (Å²) < 4.78 is 4.99. The van der Waals surface area contributed by atoms with Crippen LogP contribution in [0.1, 0.15) is 57.0 Å². The molecule has 23 heavy (non-hydrogen) atoms. The molecule has 0 atom stereocenters. The Morgan fingerprint density at radius 2 is 1.78 bits per heavy atom. The number of rotatable bonds is 5. The average Bonchev–Trinajstić information content (AvgIpc) is 2.35. The Labute approximate surface area is 138 Å². The number of para-hydroxylation sites is 1. The maximum absolute atomic E-state index is 12.0. The number of amides is 1. The third-order valence-corrected chi connectivity index (χ3v) is 3.24. The molecule has 0 unspecified atom stereocenters. The van der Waals surface area contributed by atoms with E-state index >= 15 is 0 Å². The van der Waals surface area contributed by atoms with Crippen LogP contribution in [0, 0.1) is 12.3 Å². The summed E-state index contributed by atoms with van der Waals surface area (Å²) >= 11 is 0. The van der Waals surface area contributed by atoms with Crippen LogP contribution in [0.3, 0.4) is 0 Å². The standard InChI is InChI=1S/C18H27NO4/c1-12-8-7-9-13(15(12)21)16(22)23-10-14(20)19-18(5,6)11-17(2,3)4/h7-9,21H,10-11H2,1-6H3,(H,19,20). The van der Waals surface area contributed by atoms with E-state index in [2.05, 4.69) is 26.1 Å². The average molecular weight is 321 g/mol. The third kappa shape index (κ3) is 6.30. The minimum atomic E-state index is -0.713. The summed E-state index contributed by atoms with van der Waals surface area (Å²) in [5, 5.41) is 12.7. The van der Waals surface area contributed by atoms with E-state index in [0.717, 1.165) is 6.42 Å². The molecular weight excluding hydrogens is 294 g/mol. The fourth-order valence-corrected chi connectivity index (χ4v) is 2.82. The van der Waals surface area contributed by atoms with Crippen LogP contribution in [-0.4, -0.2) is 29.1 Å². The number of aromatic hydroxyl groups is 1. The van der Waals surface area contributed by atoms with Gasteiger partial charge in [0.15, 0.2) is 6.61 Å². The highest BCUT2D eigenvalue weighted by molar-refractivity contribution is 5.94. The van der Waals surface area contributed by atoms with E-state index in [1.54, 1.807) is 19.1 Å². The van der Waals surface area contributed by atoms with Crippen molar-refractivity contribution < 1.29 is 19.4 Å². The van der Waals surface area contributed by atoms with Gasteiger partial charge in [0.25, 0.3) is 5.91 Å². The monoisotopic (exact) mass is 321 g/mol. The van der Waals surface area contributed by atoms with E-state index in [1.807, 2.05) is 13.8 Å². The highest BCUT2D eigenvalue weighted by Gasteiger charge is 2.27. The van der Waals surface area contributed by atoms with Crippen molar-refractivity contribution in [3.63, 3.8) is 0 Å². The van der Waals surface area contributed by atoms with E-state index in [4.69, 9.17) is 4.74 Å². The second-order valence-electron chi connectivity index (χ2n) is 7.72. The zero-order valence-corrected chi connectivity index (χ0v) is 14.8. The van der Waals surface area contributed by atoms with Gasteiger partial charge < -0.3 is 15.2 Å². The van der Waals surface area contributed by atoms with E-state index < -0.39 is 11.5 Å². The number of nitrogens with one attached hydrogen (secondary N) is 1. The molecule has 128 valence electrons. The minimum absolute atomic E-state index is 0.0618. The molecule has 1 amide bonds. The zero-order chi connectivity index (χ0) is 17.8. The molecule has 0 spiro atoms. The van der Waals surface area contributed by atoms with Crippen molar-refractivity contribution in [1.29, 1.82) is 0 Å². The van der Waals surface area contributed by atoms with Crippen molar-refractivity contribution >= 4 is 11.9 Å². The van der Waals surface area contributed by atoms with Gasteiger partial charge in [0.1, 0.15) is 11.3 Å². The second-order valence-corrected chi connectivity index (χ2v) is 7.72. The highest BCUT2D eigenvalue weighted by Crippen LogP contribution is 2.26. The van der Waals surface area contributed by atoms with Gasteiger partial charge in [-0.25, -0.2) is 4.79 Å². The van der Waals surface area contributed by atoms with E-state index in [-0.39, 0.29) is 29.2 Å². The first kappa shape index (κ1) is 19.0. The molecule has 0 fully saturated rings. The van der Waals surface area contributed by atoms with Gasteiger partial charge in [-0.15, -0.1) is 0 Å². The number of benzene rings is 1. The molecule has 0 saturated heterocycles. The molecule has 5 heteroatoms. The van der Waals surface area contributed by atoms with E-state index in [1.165, 1.54) is 6.07 Å². The van der Waals surface area contributed by atoms with Gasteiger partial charge in [0, 0.05) is 5.54 Å². The molecule has 2 N–H and O–H groups in total. The molecule has 0 heterocycles. The van der Waals surface area contributed by atoms with Crippen molar-refractivity contribution in [3.8, 4) is 5.75 Å². The predicted octanol–water partition coefficient (Wildman–Crippen LogP) is 3.19. The number of ether oxygens (including phenoxy) is 1. The third-order valence-electron chi connectivity index (χ3n) is 3.24. The number of esters is 1. The quantitative estimate of drug-likeness (QED) is 0.817. The lowest BCUT2D eigenvalue weighted by Gasteiger charge is -2.33. The molecule has 1 aromatic rings. The molecule has 1 aromatic carbocycles. The molecule has 0 radical (unpaired) electrons. The first-order chi connectivity index (χ1) is 10.4. The second kappa shape index (κ2) is 7.02. The van der Waals surface area contributed by atoms with Crippen LogP contribution in [0.2, 0.25) is 0 Å². The highest BCUT2D eigenvalue weighted by atomic mass is 16.5. The predicted molar refractivity (Wildman–Crippen MR) is 89.4 cm³/mol. The number of carbonyl (C=O) groups excluding carboxylic acids is 2. The summed E-state index contributed by atoms with van der Waals surface area (Å²) in [4.78, 5) is 23.9. The Balaban J connectivity index is 2.59. The molecule has 0 aromatic heterocycles. The molecule has 1 rings (SSSR count). The van der Waals surface area contributed by atoms with Gasteiger partial charge >= 0.3 is 5.97 Å². The lowest BCUT2D eigenvalue weighted by Crippen LogP contribution is -2.47. The lowest BCUT2D eigenvalue weighted by atomic mass is 9.82. The SMILES string of the molecule is Cc1cccc(C(=O)OCC(=O)NC(C)(C)CC(C)(C)C)c1O. The van der Waals surface area contributed by atoms with Crippen LogP contribution >= 0.6 is 0 Å². The van der Waals surface area contributed by atoms with E-state index in [0.29, 0.717) is 5.56 Å². The molecule has 0 aliphatic carbocycles. The molecule has 0 bridgehead atoms. The van der Waals surface area contributed by atoms with E-state index in [9.17, 15) is 14.7 Å². The van der Waals surface area contributed by atoms with Gasteiger partial charge in [-0.3, -0.25) is 4.79 Å². The topological polar surface area (TPSA) is 75.6 Å². The maximum atomic E-state index is 12.0. The smallest absolute Gasteiger partial charge is 0.342 e. The van der Waals surface area contributed by atoms with Gasteiger partial charge in [-0.1, -0.05) is 32.9 Å². The van der Waals surface area contributed by atoms with Crippen molar-refractivity contribution in [3.05, 3.63) is 29.3 Å². The normalized spacial score (nSPS) is 11.9. The Bertz CT molecular complexity index is 585. The first-order valence-corrected chi connectivity index (χ1v) is 7.68. The van der Waals surface area contributed by atoms with Crippen LogP contribution in [0.15, 0.2) is 18.2 Å². The number of hydrogen-bond donors (Lipinski definition) is 2. The number of hydrogen-bond acceptors (Lipinski definition) is 4. The summed E-state index contributed by atoms with van der Waals surface area (Å²) in [7, 11) is 0. The van der Waals surface area contributed by atoms with Crippen molar-refractivity contribution in [1.82, 2.24) is 5.32 Å². The van der Waals surface area contributed by atoms with Gasteiger partial charge in [-0.2, -0.15) is 0 Å². The number of aryl methyl sites for hydroxylation is 1. The van der Waals surface area contributed by atoms with Crippen LogP contribution in [0.5, 0.6) is 5.75 Å². The largest absolute Gasteiger partial charge is 0.507 e. The van der Waals surface area contributed by atoms with Crippen LogP contribution in [0.4, 0.5) is 0 Å². The van der Waals surface area contributed by atoms with Gasteiger partial charge in [0.2, 0.25) is 0 Å². The minimum Gasteiger partial charge on any atom is -0.507 e. The first-order valence-electron chi connectivity index (χ1n) is 7.68. The fraction of sp³-hybridized carbons (Fsp3) is 0.556. The number of carbonyl (C=O) groups is 2.